The van der Waals surface area contributed by atoms with Crippen LogP contribution in [-0.4, -0.2) is 35.2 Å². The number of nitrogens with one attached hydrogen (secondary N) is 2. The quantitative estimate of drug-likeness (QED) is 0.726. The van der Waals surface area contributed by atoms with Gasteiger partial charge in [0.05, 0.1) is 6.61 Å². The van der Waals surface area contributed by atoms with Crippen LogP contribution < -0.4 is 10.6 Å². The van der Waals surface area contributed by atoms with Crippen molar-refractivity contribution >= 4 is 23.3 Å². The molecule has 0 spiro atoms. The molecule has 7 heteroatoms. The third kappa shape index (κ3) is 4.75. The van der Waals surface area contributed by atoms with Crippen molar-refractivity contribution in [1.29, 1.82) is 0 Å². The monoisotopic (exact) mass is 395 g/mol. The average Bonchev–Trinajstić information content (AvgIpc) is 3.38. The second-order valence-electron chi connectivity index (χ2n) is 7.61. The summed E-state index contributed by atoms with van der Waals surface area (Å²) in [6.07, 6.45) is 1.39. The number of rotatable bonds is 5. The molecule has 1 fully saturated rings. The molecule has 7 nitrogen and oxygen atoms in total. The first-order valence-electron chi connectivity index (χ1n) is 9.86. The predicted molar refractivity (Wildman–Crippen MR) is 109 cm³/mol. The van der Waals surface area contributed by atoms with E-state index in [1.165, 1.54) is 0 Å². The Morgan fingerprint density at radius 2 is 1.76 bits per heavy atom. The minimum atomic E-state index is -0.176. The summed E-state index contributed by atoms with van der Waals surface area (Å²) < 4.78 is 5.30. The topological polar surface area (TPSA) is 90.9 Å². The fourth-order valence-electron chi connectivity index (χ4n) is 3.75. The maximum atomic E-state index is 12.6. The molecule has 0 radical (unpaired) electrons. The van der Waals surface area contributed by atoms with Crippen LogP contribution in [0.25, 0.3) is 0 Å². The smallest absolute Gasteiger partial charge is 0.322 e. The van der Waals surface area contributed by atoms with Gasteiger partial charge in [0.1, 0.15) is 0 Å². The number of hydrogen-bond acceptors (Lipinski definition) is 4. The molecule has 2 heterocycles. The molecule has 2 aliphatic heterocycles. The highest BCUT2D eigenvalue weighted by atomic mass is 16.5. The normalized spacial score (nSPS) is 17.8. The molecular weight excluding hydrogens is 370 g/mol. The lowest BCUT2D eigenvalue weighted by Crippen LogP contribution is -2.30. The van der Waals surface area contributed by atoms with Gasteiger partial charge in [0.25, 0.3) is 0 Å². The van der Waals surface area contributed by atoms with E-state index in [2.05, 4.69) is 10.6 Å². The molecule has 0 bridgehead atoms. The maximum Gasteiger partial charge on any atom is 0.322 e. The second-order valence-corrected chi connectivity index (χ2v) is 7.61. The highest BCUT2D eigenvalue weighted by Crippen LogP contribution is 2.25. The van der Waals surface area contributed by atoms with E-state index in [0.717, 1.165) is 29.7 Å². The van der Waals surface area contributed by atoms with Crippen LogP contribution in [0.15, 0.2) is 42.5 Å². The molecule has 0 saturated carbocycles. The van der Waals surface area contributed by atoms with Crippen molar-refractivity contribution in [3.63, 3.8) is 0 Å². The Balaban J connectivity index is 1.29. The van der Waals surface area contributed by atoms with Crippen LogP contribution in [0, 0.1) is 5.92 Å². The van der Waals surface area contributed by atoms with Gasteiger partial charge in [-0.25, -0.2) is 4.79 Å². The minimum absolute atomic E-state index is 0.00318. The zero-order valence-electron chi connectivity index (χ0n) is 16.2. The van der Waals surface area contributed by atoms with Gasteiger partial charge in [-0.15, -0.1) is 0 Å². The van der Waals surface area contributed by atoms with Gasteiger partial charge in [0, 0.05) is 44.1 Å². The number of nitrogens with zero attached hydrogens (tertiary/aromatic N) is 1. The van der Waals surface area contributed by atoms with Crippen molar-refractivity contribution < 1.29 is 19.4 Å². The number of ether oxygens (including phenoxy) is 1. The van der Waals surface area contributed by atoms with Crippen LogP contribution in [0.1, 0.15) is 29.5 Å². The van der Waals surface area contributed by atoms with Crippen LogP contribution >= 0.6 is 0 Å². The number of hydrogen-bond donors (Lipinski definition) is 3. The van der Waals surface area contributed by atoms with Crippen molar-refractivity contribution in [3.8, 4) is 0 Å². The maximum absolute atomic E-state index is 12.6. The molecule has 152 valence electrons. The van der Waals surface area contributed by atoms with Crippen molar-refractivity contribution in [2.24, 2.45) is 5.92 Å². The SMILES string of the molecule is O=C(CC1CCOC1)Nc1ccc(NC(=O)N2Cc3ccc(CO)cc3C2)cc1. The molecule has 2 aromatic rings. The van der Waals surface area contributed by atoms with E-state index in [1.807, 2.05) is 18.2 Å². The molecule has 2 aliphatic rings. The van der Waals surface area contributed by atoms with Gasteiger partial charge in [-0.05, 0) is 53.3 Å². The Hall–Kier alpha value is -2.90. The summed E-state index contributed by atoms with van der Waals surface area (Å²) in [5, 5.41) is 15.0. The van der Waals surface area contributed by atoms with E-state index in [0.29, 0.717) is 43.4 Å². The number of aliphatic hydroxyl groups is 1. The molecular formula is C22H25N3O4. The average molecular weight is 395 g/mol. The van der Waals surface area contributed by atoms with Crippen LogP contribution in [0.5, 0.6) is 0 Å². The molecule has 2 aromatic carbocycles. The molecule has 4 rings (SSSR count). The summed E-state index contributed by atoms with van der Waals surface area (Å²) in [5.74, 6) is 0.279. The fourth-order valence-corrected chi connectivity index (χ4v) is 3.75. The Labute approximate surface area is 169 Å². The predicted octanol–water partition coefficient (Wildman–Crippen LogP) is 3.09. The molecule has 29 heavy (non-hydrogen) atoms. The summed E-state index contributed by atoms with van der Waals surface area (Å²) in [5.41, 5.74) is 4.39. The molecule has 3 N–H and O–H groups in total. The number of amides is 3. The first-order valence-corrected chi connectivity index (χ1v) is 9.86. The second kappa shape index (κ2) is 8.63. The first kappa shape index (κ1) is 19.4. The zero-order chi connectivity index (χ0) is 20.2. The molecule has 0 aromatic heterocycles. The Bertz CT molecular complexity index is 891. The Morgan fingerprint density at radius 1 is 1.03 bits per heavy atom. The molecule has 0 aliphatic carbocycles. The molecule has 1 saturated heterocycles. The lowest BCUT2D eigenvalue weighted by Gasteiger charge is -2.16. The summed E-state index contributed by atoms with van der Waals surface area (Å²) in [6, 6.07) is 12.7. The number of urea groups is 1. The van der Waals surface area contributed by atoms with Gasteiger partial charge in [-0.1, -0.05) is 18.2 Å². The third-order valence-corrected chi connectivity index (χ3v) is 5.38. The highest BCUT2D eigenvalue weighted by molar-refractivity contribution is 5.92. The third-order valence-electron chi connectivity index (χ3n) is 5.38. The highest BCUT2D eigenvalue weighted by Gasteiger charge is 2.23. The van der Waals surface area contributed by atoms with Crippen molar-refractivity contribution in [3.05, 3.63) is 59.2 Å². The van der Waals surface area contributed by atoms with E-state index < -0.39 is 0 Å². The summed E-state index contributed by atoms with van der Waals surface area (Å²) in [4.78, 5) is 26.4. The summed E-state index contributed by atoms with van der Waals surface area (Å²) >= 11 is 0. The van der Waals surface area contributed by atoms with E-state index in [9.17, 15) is 14.7 Å². The van der Waals surface area contributed by atoms with Gasteiger partial charge in [0.15, 0.2) is 0 Å². The van der Waals surface area contributed by atoms with Crippen molar-refractivity contribution in [2.75, 3.05) is 23.8 Å². The van der Waals surface area contributed by atoms with Crippen LogP contribution in [0.2, 0.25) is 0 Å². The van der Waals surface area contributed by atoms with Crippen molar-refractivity contribution in [1.82, 2.24) is 4.90 Å². The van der Waals surface area contributed by atoms with Gasteiger partial charge < -0.3 is 25.4 Å². The number of fused-ring (bicyclic) bond motifs is 1. The zero-order valence-corrected chi connectivity index (χ0v) is 16.2. The van der Waals surface area contributed by atoms with Crippen LogP contribution in [0.3, 0.4) is 0 Å². The fraction of sp³-hybridized carbons (Fsp3) is 0.364. The van der Waals surface area contributed by atoms with E-state index >= 15 is 0 Å². The summed E-state index contributed by atoms with van der Waals surface area (Å²) in [7, 11) is 0. The molecule has 3 amide bonds. The number of anilines is 2. The van der Waals surface area contributed by atoms with E-state index in [4.69, 9.17) is 4.74 Å². The van der Waals surface area contributed by atoms with Gasteiger partial charge >= 0.3 is 6.03 Å². The standard InChI is InChI=1S/C22H25N3O4/c26-13-15-1-2-17-11-25(12-18(17)9-15)22(28)24-20-5-3-19(4-6-20)23-21(27)10-16-7-8-29-14-16/h1-6,9,16,26H,7-8,10-14H2,(H,23,27)(H,24,28). The van der Waals surface area contributed by atoms with E-state index in [-0.39, 0.29) is 18.5 Å². The number of carbonyl (C=O) groups excluding carboxylic acids is 2. The number of benzene rings is 2. The Kier molecular flexibility index (Phi) is 5.78. The van der Waals surface area contributed by atoms with Crippen LogP contribution in [-0.2, 0) is 29.2 Å². The lowest BCUT2D eigenvalue weighted by molar-refractivity contribution is -0.117. The van der Waals surface area contributed by atoms with Gasteiger partial charge in [-0.3, -0.25) is 4.79 Å². The minimum Gasteiger partial charge on any atom is -0.392 e. The van der Waals surface area contributed by atoms with Crippen LogP contribution in [0.4, 0.5) is 16.2 Å². The Morgan fingerprint density at radius 3 is 2.45 bits per heavy atom. The van der Waals surface area contributed by atoms with Gasteiger partial charge in [-0.2, -0.15) is 0 Å². The molecule has 1 unspecified atom stereocenters. The molecule has 1 atom stereocenters. The number of aliphatic hydroxyl groups excluding tert-OH is 1. The van der Waals surface area contributed by atoms with E-state index in [1.54, 1.807) is 29.2 Å². The lowest BCUT2D eigenvalue weighted by atomic mass is 10.0. The largest absolute Gasteiger partial charge is 0.392 e. The van der Waals surface area contributed by atoms with Crippen molar-refractivity contribution in [2.45, 2.75) is 32.5 Å². The number of carbonyl (C=O) groups is 2. The van der Waals surface area contributed by atoms with Gasteiger partial charge in [0.2, 0.25) is 5.91 Å². The first-order chi connectivity index (χ1) is 14.1. The summed E-state index contributed by atoms with van der Waals surface area (Å²) in [6.45, 7) is 2.45.